The number of hydrogen-bond acceptors (Lipinski definition) is 2. The van der Waals surface area contributed by atoms with E-state index in [0.29, 0.717) is 12.1 Å². The summed E-state index contributed by atoms with van der Waals surface area (Å²) in [5.74, 6) is 0. The molecular weight excluding hydrogens is 210 g/mol. The van der Waals surface area contributed by atoms with Crippen molar-refractivity contribution in [3.05, 3.63) is 35.9 Å². The van der Waals surface area contributed by atoms with Crippen molar-refractivity contribution in [3.63, 3.8) is 0 Å². The Hall–Kier alpha value is -0.860. The second-order valence-corrected chi connectivity index (χ2v) is 6.16. The molecule has 2 rings (SSSR count). The lowest BCUT2D eigenvalue weighted by molar-refractivity contribution is 0.0476. The predicted molar refractivity (Wildman–Crippen MR) is 70.8 cm³/mol. The van der Waals surface area contributed by atoms with Gasteiger partial charge in [-0.05, 0) is 17.9 Å². The zero-order chi connectivity index (χ0) is 12.6. The molecule has 1 N–H and O–H groups in total. The summed E-state index contributed by atoms with van der Waals surface area (Å²) in [6.45, 7) is 9.52. The maximum absolute atomic E-state index is 10.3. The third-order valence-corrected chi connectivity index (χ3v) is 3.72. The van der Waals surface area contributed by atoms with E-state index in [4.69, 9.17) is 0 Å². The van der Waals surface area contributed by atoms with Gasteiger partial charge in [0.2, 0.25) is 0 Å². The molecule has 0 aromatic heterocycles. The standard InChI is InChI=1S/C15H23NO/c1-11(12-8-6-5-7-9-12)16-10-13(16)14(17)15(2,3)4/h5-9,11,13-14,17H,10H2,1-4H3/t11-,13+,14-,16?/m1/s1. The van der Waals surface area contributed by atoms with Gasteiger partial charge in [-0.15, -0.1) is 0 Å². The monoisotopic (exact) mass is 233 g/mol. The molecule has 1 unspecified atom stereocenters. The summed E-state index contributed by atoms with van der Waals surface area (Å²) in [6.07, 6.45) is -0.242. The minimum absolute atomic E-state index is 0.0319. The van der Waals surface area contributed by atoms with E-state index in [1.54, 1.807) is 0 Å². The molecule has 2 nitrogen and oxygen atoms in total. The zero-order valence-corrected chi connectivity index (χ0v) is 11.2. The fraction of sp³-hybridized carbons (Fsp3) is 0.600. The molecule has 1 fully saturated rings. The van der Waals surface area contributed by atoms with Gasteiger partial charge in [-0.3, -0.25) is 4.90 Å². The van der Waals surface area contributed by atoms with Gasteiger partial charge < -0.3 is 5.11 Å². The van der Waals surface area contributed by atoms with Crippen molar-refractivity contribution in [2.75, 3.05) is 6.54 Å². The molecule has 1 aromatic carbocycles. The van der Waals surface area contributed by atoms with E-state index >= 15 is 0 Å². The number of aliphatic hydroxyl groups is 1. The van der Waals surface area contributed by atoms with Crippen LogP contribution in [0.25, 0.3) is 0 Å². The summed E-state index contributed by atoms with van der Waals surface area (Å²) in [5.41, 5.74) is 1.30. The van der Waals surface area contributed by atoms with Crippen LogP contribution in [0, 0.1) is 5.41 Å². The van der Waals surface area contributed by atoms with Crippen LogP contribution in [0.5, 0.6) is 0 Å². The highest BCUT2D eigenvalue weighted by molar-refractivity contribution is 5.20. The summed E-state index contributed by atoms with van der Waals surface area (Å²) in [6, 6.07) is 11.2. The van der Waals surface area contributed by atoms with Gasteiger partial charge in [0, 0.05) is 18.6 Å². The van der Waals surface area contributed by atoms with Crippen LogP contribution in [-0.2, 0) is 0 Å². The van der Waals surface area contributed by atoms with Crippen molar-refractivity contribution in [1.82, 2.24) is 4.90 Å². The summed E-state index contributed by atoms with van der Waals surface area (Å²) in [7, 11) is 0. The van der Waals surface area contributed by atoms with Crippen LogP contribution in [0.3, 0.4) is 0 Å². The smallest absolute Gasteiger partial charge is 0.0756 e. The highest BCUT2D eigenvalue weighted by Gasteiger charge is 2.46. The van der Waals surface area contributed by atoms with Crippen LogP contribution in [0.1, 0.15) is 39.3 Å². The number of nitrogens with zero attached hydrogens (tertiary/aromatic N) is 1. The topological polar surface area (TPSA) is 23.2 Å². The molecule has 0 bridgehead atoms. The van der Waals surface area contributed by atoms with Crippen LogP contribution in [0.15, 0.2) is 30.3 Å². The van der Waals surface area contributed by atoms with Gasteiger partial charge >= 0.3 is 0 Å². The Morgan fingerprint density at radius 2 is 1.82 bits per heavy atom. The molecule has 1 aliphatic rings. The lowest BCUT2D eigenvalue weighted by atomic mass is 9.87. The first kappa shape index (κ1) is 12.6. The van der Waals surface area contributed by atoms with E-state index in [1.165, 1.54) is 5.56 Å². The highest BCUT2D eigenvalue weighted by Crippen LogP contribution is 2.38. The highest BCUT2D eigenvalue weighted by atomic mass is 16.3. The minimum Gasteiger partial charge on any atom is -0.391 e. The van der Waals surface area contributed by atoms with Crippen LogP contribution in [-0.4, -0.2) is 28.7 Å². The molecule has 0 radical (unpaired) electrons. The molecule has 2 heteroatoms. The van der Waals surface area contributed by atoms with E-state index in [9.17, 15) is 5.11 Å². The first-order chi connectivity index (χ1) is 7.91. The lowest BCUT2D eigenvalue weighted by Crippen LogP contribution is -2.33. The number of benzene rings is 1. The van der Waals surface area contributed by atoms with E-state index < -0.39 is 0 Å². The average molecular weight is 233 g/mol. The molecule has 0 amide bonds. The average Bonchev–Trinajstić information content (AvgIpc) is 3.07. The van der Waals surface area contributed by atoms with Gasteiger partial charge in [-0.1, -0.05) is 51.1 Å². The number of aliphatic hydroxyl groups excluding tert-OH is 1. The van der Waals surface area contributed by atoms with Crippen molar-refractivity contribution >= 4 is 0 Å². The molecule has 1 saturated heterocycles. The van der Waals surface area contributed by atoms with E-state index in [1.807, 2.05) is 6.07 Å². The van der Waals surface area contributed by atoms with Gasteiger partial charge in [-0.2, -0.15) is 0 Å². The summed E-state index contributed by atoms with van der Waals surface area (Å²) in [4.78, 5) is 2.37. The molecule has 4 atom stereocenters. The molecule has 94 valence electrons. The summed E-state index contributed by atoms with van der Waals surface area (Å²) < 4.78 is 0. The maximum Gasteiger partial charge on any atom is 0.0756 e. The fourth-order valence-corrected chi connectivity index (χ4v) is 2.40. The van der Waals surface area contributed by atoms with Crippen molar-refractivity contribution < 1.29 is 5.11 Å². The first-order valence-electron chi connectivity index (χ1n) is 6.40. The Labute approximate surface area is 104 Å². The second kappa shape index (κ2) is 4.43. The first-order valence-corrected chi connectivity index (χ1v) is 6.40. The zero-order valence-electron chi connectivity index (χ0n) is 11.2. The Kier molecular flexibility index (Phi) is 3.28. The van der Waals surface area contributed by atoms with Crippen molar-refractivity contribution in [2.24, 2.45) is 5.41 Å². The molecule has 17 heavy (non-hydrogen) atoms. The Bertz CT molecular complexity index is 368. The molecule has 0 spiro atoms. The van der Waals surface area contributed by atoms with Gasteiger partial charge in [0.1, 0.15) is 0 Å². The summed E-state index contributed by atoms with van der Waals surface area (Å²) in [5, 5.41) is 10.3. The molecule has 0 aliphatic carbocycles. The third kappa shape index (κ3) is 2.70. The summed E-state index contributed by atoms with van der Waals surface area (Å²) >= 11 is 0. The fourth-order valence-electron chi connectivity index (χ4n) is 2.40. The minimum atomic E-state index is -0.242. The molecular formula is C15H23NO. The Balaban J connectivity index is 2.00. The van der Waals surface area contributed by atoms with Gasteiger partial charge in [0.25, 0.3) is 0 Å². The SMILES string of the molecule is C[C@H](c1ccccc1)N1C[C@H]1[C@@H](O)C(C)(C)C. The van der Waals surface area contributed by atoms with E-state index in [2.05, 4.69) is 56.9 Å². The predicted octanol–water partition coefficient (Wildman–Crippen LogP) is 2.84. The van der Waals surface area contributed by atoms with Crippen LogP contribution < -0.4 is 0 Å². The normalized spacial score (nSPS) is 27.6. The molecule has 1 aromatic rings. The number of rotatable bonds is 3. The van der Waals surface area contributed by atoms with Crippen molar-refractivity contribution in [1.29, 1.82) is 0 Å². The van der Waals surface area contributed by atoms with Crippen molar-refractivity contribution in [3.8, 4) is 0 Å². The van der Waals surface area contributed by atoms with E-state index in [0.717, 1.165) is 6.54 Å². The Morgan fingerprint density at radius 1 is 1.24 bits per heavy atom. The maximum atomic E-state index is 10.3. The number of hydrogen-bond donors (Lipinski definition) is 1. The van der Waals surface area contributed by atoms with Gasteiger partial charge in [0.05, 0.1) is 6.10 Å². The third-order valence-electron chi connectivity index (χ3n) is 3.72. The second-order valence-electron chi connectivity index (χ2n) is 6.16. The largest absolute Gasteiger partial charge is 0.391 e. The van der Waals surface area contributed by atoms with E-state index in [-0.39, 0.29) is 11.5 Å². The van der Waals surface area contributed by atoms with Crippen LogP contribution >= 0.6 is 0 Å². The lowest BCUT2D eigenvalue weighted by Gasteiger charge is -2.27. The van der Waals surface area contributed by atoms with Crippen molar-refractivity contribution in [2.45, 2.75) is 45.9 Å². The quantitative estimate of drug-likeness (QED) is 0.811. The molecule has 0 saturated carbocycles. The van der Waals surface area contributed by atoms with Crippen LogP contribution in [0.4, 0.5) is 0 Å². The van der Waals surface area contributed by atoms with Crippen LogP contribution in [0.2, 0.25) is 0 Å². The molecule has 1 heterocycles. The Morgan fingerprint density at radius 3 is 2.35 bits per heavy atom. The molecule has 1 aliphatic heterocycles. The van der Waals surface area contributed by atoms with Gasteiger partial charge in [0.15, 0.2) is 0 Å². The van der Waals surface area contributed by atoms with Gasteiger partial charge in [-0.25, -0.2) is 0 Å².